The van der Waals surface area contributed by atoms with E-state index in [0.29, 0.717) is 31.3 Å². The Morgan fingerprint density at radius 3 is 2.24 bits per heavy atom. The standard InChI is InChI=1S/C48H66F3N11O9/c1-47(2,3)60-32-8-10-38(62-18-11-36(46(62)68)59-44-33-24-31(48(49,50)51)7-9-35(33)56-29-57-44)37(25-32)58-40(64)13-20-70-21-15-53-39(63)12-19-69-22-16-54-41(65)28-71-23-17-55-45(67)34-26-42(66)61(4)43(34)30-6-5-14-52-27-30/h5-7,9,14,24,27,29,32,34,36-38,43,60H,8,10-13,15-23,25-26,28H2,1-4H3,(H,53,63)(H,54,65)(H,55,67)(H,58,64)(H,56,57,59)/t32-,34+,36+,37-,38+,43-/m1/s1. The van der Waals surface area contributed by atoms with E-state index >= 15 is 0 Å². The minimum Gasteiger partial charge on any atom is -0.379 e. The molecule has 20 nitrogen and oxygen atoms in total. The molecule has 1 aromatic carbocycles. The molecule has 1 aliphatic carbocycles. The van der Waals surface area contributed by atoms with Gasteiger partial charge in [0, 0.05) is 81.8 Å². The van der Waals surface area contributed by atoms with E-state index in [1.54, 1.807) is 35.3 Å². The average Bonchev–Trinajstić information content (AvgIpc) is 3.84. The minimum atomic E-state index is -4.56. The largest absolute Gasteiger partial charge is 0.416 e. The summed E-state index contributed by atoms with van der Waals surface area (Å²) in [5.74, 6) is -1.93. The Bertz CT molecular complexity index is 2310. The lowest BCUT2D eigenvalue weighted by Gasteiger charge is -2.43. The van der Waals surface area contributed by atoms with Gasteiger partial charge in [-0.2, -0.15) is 13.2 Å². The van der Waals surface area contributed by atoms with Gasteiger partial charge in [-0.05, 0) is 76.3 Å². The van der Waals surface area contributed by atoms with Gasteiger partial charge in [-0.25, -0.2) is 9.97 Å². The number of rotatable bonds is 24. The highest BCUT2D eigenvalue weighted by Gasteiger charge is 2.44. The van der Waals surface area contributed by atoms with E-state index < -0.39 is 29.7 Å². The predicted octanol–water partition coefficient (Wildman–Crippen LogP) is 2.25. The molecule has 1 saturated carbocycles. The molecule has 388 valence electrons. The van der Waals surface area contributed by atoms with Gasteiger partial charge in [0.25, 0.3) is 0 Å². The smallest absolute Gasteiger partial charge is 0.379 e. The summed E-state index contributed by atoms with van der Waals surface area (Å²) in [6, 6.07) is 5.07. The first-order valence-corrected chi connectivity index (χ1v) is 24.0. The number of nitrogens with zero attached hydrogens (tertiary/aromatic N) is 5. The lowest BCUT2D eigenvalue weighted by molar-refractivity contribution is -0.137. The number of nitrogens with one attached hydrogen (secondary N) is 6. The van der Waals surface area contributed by atoms with Crippen LogP contribution in [0.5, 0.6) is 0 Å². The van der Waals surface area contributed by atoms with Gasteiger partial charge in [-0.15, -0.1) is 0 Å². The summed E-state index contributed by atoms with van der Waals surface area (Å²) in [5, 5.41) is 18.2. The minimum absolute atomic E-state index is 0.0546. The second-order valence-electron chi connectivity index (χ2n) is 18.9. The number of benzene rings is 1. The van der Waals surface area contributed by atoms with Crippen LogP contribution in [0.3, 0.4) is 0 Å². The molecule has 0 unspecified atom stereocenters. The van der Waals surface area contributed by atoms with Crippen molar-refractivity contribution in [2.75, 3.05) is 78.2 Å². The maximum Gasteiger partial charge on any atom is 0.416 e. The molecule has 4 heterocycles. The summed E-state index contributed by atoms with van der Waals surface area (Å²) in [6.45, 7) is 7.63. The molecule has 6 amide bonds. The van der Waals surface area contributed by atoms with E-state index in [1.807, 2.05) is 6.07 Å². The molecule has 0 bridgehead atoms. The lowest BCUT2D eigenvalue weighted by atomic mass is 9.84. The van der Waals surface area contributed by atoms with Crippen molar-refractivity contribution in [1.29, 1.82) is 0 Å². The van der Waals surface area contributed by atoms with Crippen molar-refractivity contribution < 1.29 is 56.1 Å². The molecule has 23 heteroatoms. The maximum absolute atomic E-state index is 13.9. The number of pyridine rings is 1. The highest BCUT2D eigenvalue weighted by molar-refractivity contribution is 5.93. The number of anilines is 1. The molecule has 71 heavy (non-hydrogen) atoms. The normalized spacial score (nSPS) is 21.6. The first-order chi connectivity index (χ1) is 33.9. The predicted molar refractivity (Wildman–Crippen MR) is 253 cm³/mol. The number of hydrogen-bond donors (Lipinski definition) is 6. The van der Waals surface area contributed by atoms with E-state index in [1.165, 1.54) is 12.4 Å². The molecule has 6 rings (SSSR count). The first-order valence-electron chi connectivity index (χ1n) is 24.0. The number of hydrogen-bond acceptors (Lipinski definition) is 14. The van der Waals surface area contributed by atoms with Gasteiger partial charge < -0.3 is 55.9 Å². The Kier molecular flexibility index (Phi) is 19.4. The molecule has 3 fully saturated rings. The van der Waals surface area contributed by atoms with Crippen LogP contribution in [0, 0.1) is 5.92 Å². The topological polar surface area (TPSA) is 247 Å². The fourth-order valence-corrected chi connectivity index (χ4v) is 9.24. The van der Waals surface area contributed by atoms with Crippen molar-refractivity contribution in [1.82, 2.24) is 51.3 Å². The van der Waals surface area contributed by atoms with Gasteiger partial charge in [0.1, 0.15) is 24.8 Å². The summed E-state index contributed by atoms with van der Waals surface area (Å²) in [7, 11) is 1.66. The van der Waals surface area contributed by atoms with Crippen LogP contribution in [0.4, 0.5) is 19.0 Å². The van der Waals surface area contributed by atoms with Crippen LogP contribution in [-0.4, -0.2) is 163 Å². The van der Waals surface area contributed by atoms with E-state index in [-0.39, 0.29) is 149 Å². The SMILES string of the molecule is CN1C(=O)C[C@H](C(=O)NCCOCC(=O)NCCOCCC(=O)NCCOCCC(=O)N[C@@H]2C[C@H](NC(C)(C)C)CC[C@@H]2N2CC[C@H](Nc3ncnc4ccc(C(F)(F)F)cc34)C2=O)[C@H]1c1cccnc1. The van der Waals surface area contributed by atoms with E-state index in [9.17, 15) is 41.9 Å². The molecule has 0 radical (unpaired) electrons. The van der Waals surface area contributed by atoms with E-state index in [4.69, 9.17) is 14.2 Å². The molecular formula is C48H66F3N11O9. The third-order valence-electron chi connectivity index (χ3n) is 12.5. The Labute approximate surface area is 410 Å². The fraction of sp³-hybridized carbons (Fsp3) is 0.604. The van der Waals surface area contributed by atoms with Crippen molar-refractivity contribution in [2.24, 2.45) is 5.92 Å². The van der Waals surface area contributed by atoms with Crippen LogP contribution in [0.25, 0.3) is 10.9 Å². The van der Waals surface area contributed by atoms with Gasteiger partial charge in [0.2, 0.25) is 35.4 Å². The highest BCUT2D eigenvalue weighted by atomic mass is 19.4. The number of aromatic nitrogens is 3. The van der Waals surface area contributed by atoms with Gasteiger partial charge >= 0.3 is 6.18 Å². The first kappa shape index (κ1) is 54.3. The van der Waals surface area contributed by atoms with Crippen molar-refractivity contribution >= 4 is 52.2 Å². The van der Waals surface area contributed by atoms with Crippen molar-refractivity contribution in [3.63, 3.8) is 0 Å². The quantitative estimate of drug-likeness (QED) is 0.0706. The Morgan fingerprint density at radius 2 is 1.54 bits per heavy atom. The van der Waals surface area contributed by atoms with Gasteiger partial charge in [0.05, 0.1) is 68.2 Å². The van der Waals surface area contributed by atoms with Crippen LogP contribution in [-0.2, 0) is 49.2 Å². The molecule has 6 atom stereocenters. The zero-order chi connectivity index (χ0) is 51.1. The zero-order valence-corrected chi connectivity index (χ0v) is 40.6. The molecule has 0 spiro atoms. The number of alkyl halides is 3. The number of carbonyl (C=O) groups excluding carboxylic acids is 6. The van der Waals surface area contributed by atoms with Crippen LogP contribution in [0.15, 0.2) is 49.1 Å². The number of ether oxygens (including phenoxy) is 3. The van der Waals surface area contributed by atoms with Crippen LogP contribution < -0.4 is 31.9 Å². The van der Waals surface area contributed by atoms with Gasteiger partial charge in [-0.3, -0.25) is 33.8 Å². The number of carbonyl (C=O) groups is 6. The Balaban J connectivity index is 0.819. The number of halogens is 3. The van der Waals surface area contributed by atoms with Crippen molar-refractivity contribution in [2.45, 2.75) is 108 Å². The summed E-state index contributed by atoms with van der Waals surface area (Å²) < 4.78 is 57.1. The molecule has 2 aromatic heterocycles. The molecule has 2 saturated heterocycles. The molecule has 6 N–H and O–H groups in total. The van der Waals surface area contributed by atoms with Gasteiger partial charge in [-0.1, -0.05) is 6.07 Å². The summed E-state index contributed by atoms with van der Waals surface area (Å²) in [5.41, 5.74) is 0.0663. The van der Waals surface area contributed by atoms with E-state index in [2.05, 4.69) is 67.6 Å². The van der Waals surface area contributed by atoms with Crippen molar-refractivity contribution in [3.05, 3.63) is 60.2 Å². The molecule has 2 aliphatic heterocycles. The number of likely N-dealkylation sites (tertiary alicyclic amines) is 2. The van der Waals surface area contributed by atoms with Crippen LogP contribution in [0.1, 0.15) is 82.9 Å². The monoisotopic (exact) mass is 997 g/mol. The summed E-state index contributed by atoms with van der Waals surface area (Å²) >= 11 is 0. The fourth-order valence-electron chi connectivity index (χ4n) is 9.24. The van der Waals surface area contributed by atoms with E-state index in [0.717, 1.165) is 24.1 Å². The highest BCUT2D eigenvalue weighted by Crippen LogP contribution is 2.37. The van der Waals surface area contributed by atoms with Gasteiger partial charge in [0.15, 0.2) is 0 Å². The third kappa shape index (κ3) is 16.0. The molecule has 3 aromatic rings. The van der Waals surface area contributed by atoms with Crippen molar-refractivity contribution in [3.8, 4) is 0 Å². The second-order valence-corrected chi connectivity index (χ2v) is 18.9. The van der Waals surface area contributed by atoms with Crippen LogP contribution >= 0.6 is 0 Å². The maximum atomic E-state index is 13.9. The van der Waals surface area contributed by atoms with Crippen LogP contribution in [0.2, 0.25) is 0 Å². The second kappa shape index (κ2) is 25.4. The average molecular weight is 998 g/mol. The summed E-state index contributed by atoms with van der Waals surface area (Å²) in [4.78, 5) is 92.5. The summed E-state index contributed by atoms with van der Waals surface area (Å²) in [6.07, 6.45) is 2.56. The number of fused-ring (bicyclic) bond motifs is 1. The Morgan fingerprint density at radius 1 is 0.831 bits per heavy atom. The number of amides is 6. The molecule has 3 aliphatic rings. The lowest BCUT2D eigenvalue weighted by Crippen LogP contribution is -2.59. The zero-order valence-electron chi connectivity index (χ0n) is 40.6. The Hall–Kier alpha value is -6.04. The molecular weight excluding hydrogens is 932 g/mol. The third-order valence-corrected chi connectivity index (χ3v) is 12.5.